The molecule has 0 heterocycles. The molecule has 0 saturated carbocycles. The summed E-state index contributed by atoms with van der Waals surface area (Å²) in [5.41, 5.74) is 2.73. The Labute approximate surface area is 123 Å². The third-order valence-electron chi connectivity index (χ3n) is 3.17. The Morgan fingerprint density at radius 1 is 1.05 bits per heavy atom. The van der Waals surface area contributed by atoms with E-state index >= 15 is 0 Å². The standard InChI is InChI=1S/C17H18O4/c1-20-12-21-17-9-6-14(10-15(17)11-18)3-2-13-4-7-16(19)8-5-13/h4-11,19H,2-3,12H2,1H3. The first-order chi connectivity index (χ1) is 10.2. The van der Waals surface area contributed by atoms with Crippen molar-refractivity contribution in [1.82, 2.24) is 0 Å². The maximum absolute atomic E-state index is 11.1. The second kappa shape index (κ2) is 7.45. The van der Waals surface area contributed by atoms with Crippen molar-refractivity contribution in [2.24, 2.45) is 0 Å². The SMILES string of the molecule is COCOc1ccc(CCc2ccc(O)cc2)cc1C=O. The highest BCUT2D eigenvalue weighted by molar-refractivity contribution is 5.79. The van der Waals surface area contributed by atoms with Crippen LogP contribution in [0.2, 0.25) is 0 Å². The van der Waals surface area contributed by atoms with Crippen molar-refractivity contribution >= 4 is 6.29 Å². The average Bonchev–Trinajstić information content (AvgIpc) is 2.52. The topological polar surface area (TPSA) is 55.8 Å². The average molecular weight is 286 g/mol. The Bertz CT molecular complexity index is 590. The lowest BCUT2D eigenvalue weighted by atomic mass is 10.0. The van der Waals surface area contributed by atoms with Crippen molar-refractivity contribution in [2.75, 3.05) is 13.9 Å². The minimum absolute atomic E-state index is 0.119. The number of rotatable bonds is 7. The maximum atomic E-state index is 11.1. The minimum Gasteiger partial charge on any atom is -0.508 e. The lowest BCUT2D eigenvalue weighted by Crippen LogP contribution is -2.02. The van der Waals surface area contributed by atoms with E-state index < -0.39 is 0 Å². The van der Waals surface area contributed by atoms with Crippen LogP contribution in [0.1, 0.15) is 21.5 Å². The summed E-state index contributed by atoms with van der Waals surface area (Å²) in [6.45, 7) is 0.119. The van der Waals surface area contributed by atoms with Gasteiger partial charge in [-0.15, -0.1) is 0 Å². The summed E-state index contributed by atoms with van der Waals surface area (Å²) < 4.78 is 10.2. The molecule has 0 aliphatic carbocycles. The second-order valence-corrected chi connectivity index (χ2v) is 4.71. The Kier molecular flexibility index (Phi) is 5.35. The predicted octanol–water partition coefficient (Wildman–Crippen LogP) is 2.97. The van der Waals surface area contributed by atoms with E-state index in [1.165, 1.54) is 7.11 Å². The number of phenols is 1. The maximum Gasteiger partial charge on any atom is 0.188 e. The first-order valence-electron chi connectivity index (χ1n) is 6.70. The van der Waals surface area contributed by atoms with E-state index in [2.05, 4.69) is 0 Å². The third-order valence-corrected chi connectivity index (χ3v) is 3.17. The Balaban J connectivity index is 2.03. The molecule has 0 atom stereocenters. The zero-order chi connectivity index (χ0) is 15.1. The lowest BCUT2D eigenvalue weighted by molar-refractivity contribution is 0.0505. The van der Waals surface area contributed by atoms with Gasteiger partial charge in [-0.1, -0.05) is 18.2 Å². The number of benzene rings is 2. The number of aryl methyl sites for hydroxylation is 2. The fourth-order valence-corrected chi connectivity index (χ4v) is 2.05. The highest BCUT2D eigenvalue weighted by Gasteiger charge is 2.05. The molecule has 4 heteroatoms. The molecule has 0 amide bonds. The molecule has 0 bridgehead atoms. The van der Waals surface area contributed by atoms with Crippen molar-refractivity contribution in [1.29, 1.82) is 0 Å². The van der Waals surface area contributed by atoms with Gasteiger partial charge < -0.3 is 14.6 Å². The van der Waals surface area contributed by atoms with E-state index in [0.29, 0.717) is 11.3 Å². The molecule has 0 radical (unpaired) electrons. The van der Waals surface area contributed by atoms with Crippen LogP contribution in [-0.4, -0.2) is 25.3 Å². The second-order valence-electron chi connectivity index (χ2n) is 4.71. The number of carbonyl (C=O) groups excluding carboxylic acids is 1. The smallest absolute Gasteiger partial charge is 0.188 e. The van der Waals surface area contributed by atoms with E-state index in [0.717, 1.165) is 30.3 Å². The molecule has 0 aromatic heterocycles. The van der Waals surface area contributed by atoms with Crippen LogP contribution in [0.3, 0.4) is 0 Å². The van der Waals surface area contributed by atoms with Crippen LogP contribution >= 0.6 is 0 Å². The van der Waals surface area contributed by atoms with Gasteiger partial charge in [0.05, 0.1) is 5.56 Å². The summed E-state index contributed by atoms with van der Waals surface area (Å²) in [5, 5.41) is 9.25. The summed E-state index contributed by atoms with van der Waals surface area (Å²) >= 11 is 0. The number of ether oxygens (including phenoxy) is 2. The molecule has 4 nitrogen and oxygen atoms in total. The zero-order valence-electron chi connectivity index (χ0n) is 11.9. The van der Waals surface area contributed by atoms with Crippen molar-refractivity contribution < 1.29 is 19.4 Å². The van der Waals surface area contributed by atoms with Gasteiger partial charge in [0.1, 0.15) is 11.5 Å². The molecule has 1 N–H and O–H groups in total. The molecule has 0 saturated heterocycles. The van der Waals surface area contributed by atoms with Crippen LogP contribution in [0.15, 0.2) is 42.5 Å². The monoisotopic (exact) mass is 286 g/mol. The van der Waals surface area contributed by atoms with Crippen LogP contribution in [0.25, 0.3) is 0 Å². The van der Waals surface area contributed by atoms with E-state index in [1.807, 2.05) is 24.3 Å². The highest BCUT2D eigenvalue weighted by Crippen LogP contribution is 2.20. The van der Waals surface area contributed by atoms with Crippen LogP contribution in [0.4, 0.5) is 0 Å². The first kappa shape index (κ1) is 15.1. The molecule has 0 fully saturated rings. The first-order valence-corrected chi connectivity index (χ1v) is 6.70. The number of phenolic OH excluding ortho intramolecular Hbond substituents is 1. The fourth-order valence-electron chi connectivity index (χ4n) is 2.05. The zero-order valence-corrected chi connectivity index (χ0v) is 11.9. The number of carbonyl (C=O) groups is 1. The number of hydrogen-bond acceptors (Lipinski definition) is 4. The third kappa shape index (κ3) is 4.33. The summed E-state index contributed by atoms with van der Waals surface area (Å²) in [4.78, 5) is 11.1. The van der Waals surface area contributed by atoms with Crippen LogP contribution in [0.5, 0.6) is 11.5 Å². The minimum atomic E-state index is 0.119. The molecule has 2 rings (SSSR count). The van der Waals surface area contributed by atoms with E-state index in [1.54, 1.807) is 18.2 Å². The molecule has 0 unspecified atom stereocenters. The van der Waals surface area contributed by atoms with Crippen molar-refractivity contribution in [3.8, 4) is 11.5 Å². The Morgan fingerprint density at radius 2 is 1.71 bits per heavy atom. The molecule has 0 aliphatic heterocycles. The Hall–Kier alpha value is -2.33. The molecule has 2 aromatic rings. The summed E-state index contributed by atoms with van der Waals surface area (Å²) in [6.07, 6.45) is 2.45. The van der Waals surface area contributed by atoms with Crippen LogP contribution in [-0.2, 0) is 17.6 Å². The van der Waals surface area contributed by atoms with Crippen molar-refractivity contribution in [3.63, 3.8) is 0 Å². The number of methoxy groups -OCH3 is 1. The highest BCUT2D eigenvalue weighted by atomic mass is 16.7. The molecule has 21 heavy (non-hydrogen) atoms. The number of aldehydes is 1. The van der Waals surface area contributed by atoms with E-state index in [4.69, 9.17) is 9.47 Å². The van der Waals surface area contributed by atoms with Crippen LogP contribution in [0, 0.1) is 0 Å². The van der Waals surface area contributed by atoms with Gasteiger partial charge in [-0.25, -0.2) is 0 Å². The molecular formula is C17H18O4. The number of hydrogen-bond donors (Lipinski definition) is 1. The Morgan fingerprint density at radius 3 is 2.38 bits per heavy atom. The van der Waals surface area contributed by atoms with Gasteiger partial charge >= 0.3 is 0 Å². The van der Waals surface area contributed by atoms with E-state index in [9.17, 15) is 9.90 Å². The van der Waals surface area contributed by atoms with Gasteiger partial charge in [-0.3, -0.25) is 4.79 Å². The van der Waals surface area contributed by atoms with Crippen molar-refractivity contribution in [3.05, 3.63) is 59.2 Å². The van der Waals surface area contributed by atoms with E-state index in [-0.39, 0.29) is 12.5 Å². The van der Waals surface area contributed by atoms with Gasteiger partial charge in [0.25, 0.3) is 0 Å². The van der Waals surface area contributed by atoms with Gasteiger partial charge in [0.15, 0.2) is 13.1 Å². The summed E-state index contributed by atoms with van der Waals surface area (Å²) in [7, 11) is 1.53. The fraction of sp³-hybridized carbons (Fsp3) is 0.235. The summed E-state index contributed by atoms with van der Waals surface area (Å²) in [5.74, 6) is 0.793. The van der Waals surface area contributed by atoms with Gasteiger partial charge in [0.2, 0.25) is 0 Å². The molecule has 110 valence electrons. The predicted molar refractivity (Wildman–Crippen MR) is 79.8 cm³/mol. The molecular weight excluding hydrogens is 268 g/mol. The lowest BCUT2D eigenvalue weighted by Gasteiger charge is -2.09. The van der Waals surface area contributed by atoms with Gasteiger partial charge in [-0.05, 0) is 48.2 Å². The molecule has 2 aromatic carbocycles. The van der Waals surface area contributed by atoms with Crippen molar-refractivity contribution in [2.45, 2.75) is 12.8 Å². The van der Waals surface area contributed by atoms with Crippen LogP contribution < -0.4 is 4.74 Å². The van der Waals surface area contributed by atoms with Gasteiger partial charge in [0, 0.05) is 7.11 Å². The normalized spacial score (nSPS) is 10.3. The quantitative estimate of drug-likeness (QED) is 0.628. The molecule has 0 aliphatic rings. The van der Waals surface area contributed by atoms with Gasteiger partial charge in [-0.2, -0.15) is 0 Å². The summed E-state index contributed by atoms with van der Waals surface area (Å²) in [6, 6.07) is 12.7. The molecule has 0 spiro atoms. The number of aromatic hydroxyl groups is 1. The largest absolute Gasteiger partial charge is 0.508 e.